The van der Waals surface area contributed by atoms with E-state index in [2.05, 4.69) is 22.0 Å². The smallest absolute Gasteiger partial charge is 0.220 e. The first-order valence-corrected chi connectivity index (χ1v) is 8.21. The summed E-state index contributed by atoms with van der Waals surface area (Å²) in [5.41, 5.74) is 3.07. The monoisotopic (exact) mass is 354 g/mol. The molecule has 25 heavy (non-hydrogen) atoms. The fourth-order valence-corrected chi connectivity index (χ4v) is 2.59. The minimum atomic E-state index is 0.341. The highest BCUT2D eigenvalue weighted by Crippen LogP contribution is 2.30. The molecule has 0 saturated carbocycles. The molecule has 1 heterocycles. The fraction of sp³-hybridized carbons (Fsp3) is 0.150. The Kier molecular flexibility index (Phi) is 5.10. The molecule has 0 aliphatic carbocycles. The number of anilines is 1. The Morgan fingerprint density at radius 3 is 2.28 bits per heavy atom. The van der Waals surface area contributed by atoms with E-state index in [4.69, 9.17) is 20.8 Å². The van der Waals surface area contributed by atoms with Gasteiger partial charge in [-0.15, -0.1) is 0 Å². The Balaban J connectivity index is 1.79. The number of ether oxygens (including phenoxy) is 1. The van der Waals surface area contributed by atoms with E-state index in [9.17, 15) is 0 Å². The molecular formula is C20H19ClN2O2. The lowest BCUT2D eigenvalue weighted by atomic mass is 10.2. The first-order valence-electron chi connectivity index (χ1n) is 7.83. The van der Waals surface area contributed by atoms with Gasteiger partial charge in [-0.2, -0.15) is 4.98 Å². The highest BCUT2D eigenvalue weighted by atomic mass is 35.5. The minimum absolute atomic E-state index is 0.341. The standard InChI is InChI=1S/C20H19ClN2O2/c1-23(2)16-9-4-14(5-10-16)6-13-18-22-20(21)19(25-18)15-7-11-17(24-3)12-8-15/h4-13H,1-3H3. The molecule has 4 nitrogen and oxygen atoms in total. The highest BCUT2D eigenvalue weighted by molar-refractivity contribution is 6.31. The van der Waals surface area contributed by atoms with Crippen LogP contribution >= 0.6 is 11.6 Å². The van der Waals surface area contributed by atoms with Crippen LogP contribution in [0.2, 0.25) is 5.15 Å². The molecule has 5 heteroatoms. The zero-order valence-electron chi connectivity index (χ0n) is 14.4. The van der Waals surface area contributed by atoms with Crippen LogP contribution in [0.15, 0.2) is 52.9 Å². The molecule has 0 amide bonds. The quantitative estimate of drug-likeness (QED) is 0.628. The molecule has 2 aromatic carbocycles. The van der Waals surface area contributed by atoms with Gasteiger partial charge in [-0.05, 0) is 48.0 Å². The topological polar surface area (TPSA) is 38.5 Å². The Morgan fingerprint density at radius 2 is 1.68 bits per heavy atom. The summed E-state index contributed by atoms with van der Waals surface area (Å²) in [4.78, 5) is 6.32. The number of methoxy groups -OCH3 is 1. The van der Waals surface area contributed by atoms with Crippen LogP contribution in [-0.2, 0) is 0 Å². The summed E-state index contributed by atoms with van der Waals surface area (Å²) in [6.07, 6.45) is 3.75. The average Bonchev–Trinajstić information content (AvgIpc) is 3.01. The van der Waals surface area contributed by atoms with Crippen LogP contribution in [0.25, 0.3) is 23.5 Å². The maximum Gasteiger partial charge on any atom is 0.220 e. The molecule has 0 spiro atoms. The summed E-state index contributed by atoms with van der Waals surface area (Å²) >= 11 is 6.21. The second kappa shape index (κ2) is 7.45. The largest absolute Gasteiger partial charge is 0.497 e. The predicted molar refractivity (Wildman–Crippen MR) is 103 cm³/mol. The number of aromatic nitrogens is 1. The minimum Gasteiger partial charge on any atom is -0.497 e. The van der Waals surface area contributed by atoms with E-state index in [1.807, 2.05) is 62.6 Å². The predicted octanol–water partition coefficient (Wildman–Crippen LogP) is 5.24. The van der Waals surface area contributed by atoms with Gasteiger partial charge in [-0.3, -0.25) is 0 Å². The molecular weight excluding hydrogens is 336 g/mol. The lowest BCUT2D eigenvalue weighted by Crippen LogP contribution is -2.07. The van der Waals surface area contributed by atoms with E-state index >= 15 is 0 Å². The molecule has 3 aromatic rings. The van der Waals surface area contributed by atoms with Crippen molar-refractivity contribution in [3.63, 3.8) is 0 Å². The average molecular weight is 355 g/mol. The van der Waals surface area contributed by atoms with Crippen molar-refractivity contribution in [2.24, 2.45) is 0 Å². The van der Waals surface area contributed by atoms with E-state index in [1.54, 1.807) is 7.11 Å². The SMILES string of the molecule is COc1ccc(-c2oc(C=Cc3ccc(N(C)C)cc3)nc2Cl)cc1. The Bertz CT molecular complexity index is 866. The van der Waals surface area contributed by atoms with Crippen molar-refractivity contribution in [1.82, 2.24) is 4.98 Å². The zero-order chi connectivity index (χ0) is 17.8. The molecule has 0 radical (unpaired) electrons. The third-order valence-electron chi connectivity index (χ3n) is 3.78. The van der Waals surface area contributed by atoms with Crippen LogP contribution in [-0.4, -0.2) is 26.2 Å². The molecule has 0 bridgehead atoms. The molecule has 0 atom stereocenters. The van der Waals surface area contributed by atoms with E-state index in [1.165, 1.54) is 0 Å². The van der Waals surface area contributed by atoms with Crippen molar-refractivity contribution in [2.75, 3.05) is 26.1 Å². The summed E-state index contributed by atoms with van der Waals surface area (Å²) in [6.45, 7) is 0. The van der Waals surface area contributed by atoms with Crippen molar-refractivity contribution >= 4 is 29.4 Å². The van der Waals surface area contributed by atoms with Gasteiger partial charge in [0.2, 0.25) is 5.89 Å². The van der Waals surface area contributed by atoms with Gasteiger partial charge < -0.3 is 14.1 Å². The number of rotatable bonds is 5. The molecule has 0 N–H and O–H groups in total. The van der Waals surface area contributed by atoms with Gasteiger partial charge in [0.25, 0.3) is 0 Å². The van der Waals surface area contributed by atoms with Gasteiger partial charge in [0.15, 0.2) is 10.9 Å². The number of hydrogen-bond donors (Lipinski definition) is 0. The van der Waals surface area contributed by atoms with E-state index in [0.29, 0.717) is 16.8 Å². The molecule has 0 aliphatic rings. The number of oxazole rings is 1. The van der Waals surface area contributed by atoms with Crippen LogP contribution in [0.3, 0.4) is 0 Å². The van der Waals surface area contributed by atoms with Crippen LogP contribution in [0.4, 0.5) is 5.69 Å². The molecule has 0 aliphatic heterocycles. The normalized spacial score (nSPS) is 11.0. The van der Waals surface area contributed by atoms with E-state index in [0.717, 1.165) is 22.6 Å². The molecule has 0 fully saturated rings. The van der Waals surface area contributed by atoms with Gasteiger partial charge >= 0.3 is 0 Å². The number of hydrogen-bond acceptors (Lipinski definition) is 4. The van der Waals surface area contributed by atoms with Crippen LogP contribution in [0.1, 0.15) is 11.5 Å². The lowest BCUT2D eigenvalue weighted by Gasteiger charge is -2.11. The Morgan fingerprint density at radius 1 is 1.00 bits per heavy atom. The third kappa shape index (κ3) is 4.03. The highest BCUT2D eigenvalue weighted by Gasteiger charge is 2.12. The molecule has 3 rings (SSSR count). The Hall–Kier alpha value is -2.72. The van der Waals surface area contributed by atoms with Gasteiger partial charge in [0.1, 0.15) is 5.75 Å². The van der Waals surface area contributed by atoms with Gasteiger partial charge in [0, 0.05) is 31.4 Å². The van der Waals surface area contributed by atoms with Gasteiger partial charge in [-0.1, -0.05) is 23.7 Å². The summed E-state index contributed by atoms with van der Waals surface area (Å²) in [5, 5.41) is 0.341. The van der Waals surface area contributed by atoms with Crippen molar-refractivity contribution in [1.29, 1.82) is 0 Å². The summed E-state index contributed by atoms with van der Waals surface area (Å²) in [6, 6.07) is 15.7. The van der Waals surface area contributed by atoms with Gasteiger partial charge in [-0.25, -0.2) is 0 Å². The lowest BCUT2D eigenvalue weighted by molar-refractivity contribution is 0.415. The van der Waals surface area contributed by atoms with E-state index < -0.39 is 0 Å². The first kappa shape index (κ1) is 17.1. The van der Waals surface area contributed by atoms with E-state index in [-0.39, 0.29) is 0 Å². The first-order chi connectivity index (χ1) is 12.1. The van der Waals surface area contributed by atoms with Crippen molar-refractivity contribution in [2.45, 2.75) is 0 Å². The van der Waals surface area contributed by atoms with Crippen LogP contribution < -0.4 is 9.64 Å². The van der Waals surface area contributed by atoms with Crippen molar-refractivity contribution in [3.05, 3.63) is 65.1 Å². The summed E-state index contributed by atoms with van der Waals surface area (Å²) in [7, 11) is 5.66. The Labute approximate surface area is 152 Å². The van der Waals surface area contributed by atoms with Crippen LogP contribution in [0.5, 0.6) is 5.75 Å². The molecule has 0 saturated heterocycles. The molecule has 0 unspecified atom stereocenters. The maximum absolute atomic E-state index is 6.21. The van der Waals surface area contributed by atoms with Gasteiger partial charge in [0.05, 0.1) is 7.11 Å². The van der Waals surface area contributed by atoms with Crippen LogP contribution in [0, 0.1) is 0 Å². The second-order valence-corrected chi connectivity index (χ2v) is 6.08. The number of nitrogens with zero attached hydrogens (tertiary/aromatic N) is 2. The van der Waals surface area contributed by atoms with Crippen molar-refractivity contribution in [3.8, 4) is 17.1 Å². The van der Waals surface area contributed by atoms with Crippen molar-refractivity contribution < 1.29 is 9.15 Å². The molecule has 128 valence electrons. The second-order valence-electron chi connectivity index (χ2n) is 5.72. The third-order valence-corrected chi connectivity index (χ3v) is 4.04. The summed E-state index contributed by atoms with van der Waals surface area (Å²) < 4.78 is 10.9. The zero-order valence-corrected chi connectivity index (χ0v) is 15.1. The number of halogens is 1. The molecule has 1 aromatic heterocycles. The fourth-order valence-electron chi connectivity index (χ4n) is 2.36. The summed E-state index contributed by atoms with van der Waals surface area (Å²) in [5.74, 6) is 1.79. The number of benzene rings is 2. The maximum atomic E-state index is 6.21.